The first kappa shape index (κ1) is 19.0. The van der Waals surface area contributed by atoms with E-state index in [0.717, 1.165) is 17.7 Å². The number of benzene rings is 2. The van der Waals surface area contributed by atoms with Crippen LogP contribution in [-0.4, -0.2) is 37.9 Å². The number of carbonyl (C=O) groups excluding carboxylic acids is 3. The number of rotatable bonds is 4. The quantitative estimate of drug-likeness (QED) is 0.866. The highest BCUT2D eigenvalue weighted by Gasteiger charge is 2.36. The number of hydrogen-bond donors (Lipinski definition) is 1. The molecule has 0 aromatic heterocycles. The number of ether oxygens (including phenoxy) is 1. The van der Waals surface area contributed by atoms with Gasteiger partial charge < -0.3 is 19.9 Å². The van der Waals surface area contributed by atoms with E-state index in [1.54, 1.807) is 36.0 Å². The fourth-order valence-electron chi connectivity index (χ4n) is 4.02. The largest absolute Gasteiger partial charge is 0.495 e. The molecule has 0 aliphatic carbocycles. The molecule has 29 heavy (non-hydrogen) atoms. The molecule has 1 unspecified atom stereocenters. The second-order valence-corrected chi connectivity index (χ2v) is 7.33. The van der Waals surface area contributed by atoms with Crippen LogP contribution >= 0.6 is 0 Å². The lowest BCUT2D eigenvalue weighted by atomic mass is 10.1. The minimum atomic E-state index is -0.436. The van der Waals surface area contributed by atoms with Crippen LogP contribution in [0.15, 0.2) is 42.5 Å². The van der Waals surface area contributed by atoms with Crippen molar-refractivity contribution in [1.29, 1.82) is 0 Å². The lowest BCUT2D eigenvalue weighted by molar-refractivity contribution is -0.122. The molecule has 7 heteroatoms. The van der Waals surface area contributed by atoms with E-state index in [0.29, 0.717) is 30.2 Å². The summed E-state index contributed by atoms with van der Waals surface area (Å²) < 4.78 is 5.34. The smallest absolute Gasteiger partial charge is 0.229 e. The molecule has 3 amide bonds. The van der Waals surface area contributed by atoms with Gasteiger partial charge in [0.1, 0.15) is 5.75 Å². The monoisotopic (exact) mass is 393 g/mol. The maximum absolute atomic E-state index is 12.8. The molecule has 4 rings (SSSR count). The first-order valence-electron chi connectivity index (χ1n) is 9.63. The Labute approximate surface area is 169 Å². The lowest BCUT2D eigenvalue weighted by Gasteiger charge is -2.19. The van der Waals surface area contributed by atoms with Crippen molar-refractivity contribution < 1.29 is 19.1 Å². The second kappa shape index (κ2) is 7.58. The normalized spacial score (nSPS) is 18.0. The Morgan fingerprint density at radius 3 is 2.69 bits per heavy atom. The van der Waals surface area contributed by atoms with Crippen molar-refractivity contribution >= 4 is 34.8 Å². The molecule has 0 spiro atoms. The SMILES string of the molecule is COc1ccccc1N1CC(C(=O)Nc2ccc3c(c2)CCN3C(C)=O)CC1=O. The zero-order valence-electron chi connectivity index (χ0n) is 16.5. The Bertz CT molecular complexity index is 988. The minimum Gasteiger partial charge on any atom is -0.495 e. The van der Waals surface area contributed by atoms with Gasteiger partial charge in [0.2, 0.25) is 17.7 Å². The molecule has 1 fully saturated rings. The molecule has 2 aliphatic rings. The van der Waals surface area contributed by atoms with Crippen LogP contribution in [0.25, 0.3) is 0 Å². The van der Waals surface area contributed by atoms with Gasteiger partial charge in [-0.1, -0.05) is 12.1 Å². The first-order valence-corrected chi connectivity index (χ1v) is 9.63. The fourth-order valence-corrected chi connectivity index (χ4v) is 4.02. The summed E-state index contributed by atoms with van der Waals surface area (Å²) >= 11 is 0. The van der Waals surface area contributed by atoms with Gasteiger partial charge in [-0.2, -0.15) is 0 Å². The van der Waals surface area contributed by atoms with Crippen LogP contribution in [0.4, 0.5) is 17.1 Å². The summed E-state index contributed by atoms with van der Waals surface area (Å²) in [6, 6.07) is 12.9. The molecule has 2 aromatic rings. The summed E-state index contributed by atoms with van der Waals surface area (Å²) in [4.78, 5) is 40.3. The second-order valence-electron chi connectivity index (χ2n) is 7.33. The van der Waals surface area contributed by atoms with Gasteiger partial charge in [-0.25, -0.2) is 0 Å². The highest BCUT2D eigenvalue weighted by Crippen LogP contribution is 2.34. The van der Waals surface area contributed by atoms with E-state index in [1.165, 1.54) is 0 Å². The van der Waals surface area contributed by atoms with Crippen LogP contribution in [0.5, 0.6) is 5.75 Å². The number of fused-ring (bicyclic) bond motifs is 1. The number of amides is 3. The molecule has 0 radical (unpaired) electrons. The van der Waals surface area contributed by atoms with Crippen molar-refractivity contribution in [1.82, 2.24) is 0 Å². The van der Waals surface area contributed by atoms with Gasteiger partial charge in [-0.15, -0.1) is 0 Å². The molecule has 2 heterocycles. The third-order valence-corrected chi connectivity index (χ3v) is 5.49. The number of anilines is 3. The topological polar surface area (TPSA) is 79.0 Å². The predicted molar refractivity (Wildman–Crippen MR) is 110 cm³/mol. The highest BCUT2D eigenvalue weighted by molar-refractivity contribution is 6.04. The van der Waals surface area contributed by atoms with E-state index >= 15 is 0 Å². The summed E-state index contributed by atoms with van der Waals surface area (Å²) in [6.07, 6.45) is 0.926. The van der Waals surface area contributed by atoms with Gasteiger partial charge in [-0.05, 0) is 42.3 Å². The van der Waals surface area contributed by atoms with E-state index in [4.69, 9.17) is 4.74 Å². The number of hydrogen-bond acceptors (Lipinski definition) is 4. The van der Waals surface area contributed by atoms with Crippen LogP contribution in [0, 0.1) is 5.92 Å². The maximum Gasteiger partial charge on any atom is 0.229 e. The molecular formula is C22H23N3O4. The van der Waals surface area contributed by atoms with Crippen LogP contribution in [0.2, 0.25) is 0 Å². The first-order chi connectivity index (χ1) is 14.0. The average Bonchev–Trinajstić information content (AvgIpc) is 3.31. The molecule has 2 aromatic carbocycles. The standard InChI is InChI=1S/C22H23N3O4/c1-14(26)24-10-9-15-11-17(7-8-18(15)24)23-22(28)16-12-21(27)25(13-16)19-5-3-4-6-20(19)29-2/h3-8,11,16H,9-10,12-13H2,1-2H3,(H,23,28). The van der Waals surface area contributed by atoms with Gasteiger partial charge in [0.05, 0.1) is 18.7 Å². The van der Waals surface area contributed by atoms with Crippen LogP contribution in [-0.2, 0) is 20.8 Å². The number of nitrogens with zero attached hydrogens (tertiary/aromatic N) is 2. The summed E-state index contributed by atoms with van der Waals surface area (Å²) in [7, 11) is 1.56. The van der Waals surface area contributed by atoms with Crippen molar-refractivity contribution in [2.24, 2.45) is 5.92 Å². The average molecular weight is 393 g/mol. The Kier molecular flexibility index (Phi) is 4.96. The van der Waals surface area contributed by atoms with E-state index < -0.39 is 5.92 Å². The van der Waals surface area contributed by atoms with Crippen molar-refractivity contribution in [3.05, 3.63) is 48.0 Å². The maximum atomic E-state index is 12.8. The molecule has 0 bridgehead atoms. The summed E-state index contributed by atoms with van der Waals surface area (Å²) in [5, 5.41) is 2.93. The van der Waals surface area contributed by atoms with Crippen LogP contribution in [0.3, 0.4) is 0 Å². The summed E-state index contributed by atoms with van der Waals surface area (Å²) in [5.74, 6) is -0.0933. The minimum absolute atomic E-state index is 0.0152. The fraction of sp³-hybridized carbons (Fsp3) is 0.318. The van der Waals surface area contributed by atoms with Gasteiger partial charge in [0.15, 0.2) is 0 Å². The van der Waals surface area contributed by atoms with Crippen molar-refractivity contribution in [2.75, 3.05) is 35.3 Å². The lowest BCUT2D eigenvalue weighted by Crippen LogP contribution is -2.28. The number of methoxy groups -OCH3 is 1. The molecule has 1 saturated heterocycles. The van der Waals surface area contributed by atoms with Crippen molar-refractivity contribution in [3.8, 4) is 5.75 Å². The third-order valence-electron chi connectivity index (χ3n) is 5.49. The Morgan fingerprint density at radius 1 is 1.14 bits per heavy atom. The highest BCUT2D eigenvalue weighted by atomic mass is 16.5. The number of carbonyl (C=O) groups is 3. The predicted octanol–water partition coefficient (Wildman–Crippen LogP) is 2.60. The molecular weight excluding hydrogens is 370 g/mol. The van der Waals surface area contributed by atoms with Crippen LogP contribution < -0.4 is 19.9 Å². The van der Waals surface area contributed by atoms with Crippen molar-refractivity contribution in [2.45, 2.75) is 19.8 Å². The van der Waals surface area contributed by atoms with E-state index in [2.05, 4.69) is 5.32 Å². The van der Waals surface area contributed by atoms with Crippen LogP contribution in [0.1, 0.15) is 18.9 Å². The molecule has 7 nitrogen and oxygen atoms in total. The number of para-hydroxylation sites is 2. The third kappa shape index (κ3) is 3.55. The van der Waals surface area contributed by atoms with E-state index in [-0.39, 0.29) is 24.1 Å². The Morgan fingerprint density at radius 2 is 1.93 bits per heavy atom. The van der Waals surface area contributed by atoms with Gasteiger partial charge in [0.25, 0.3) is 0 Å². The molecule has 0 saturated carbocycles. The zero-order valence-corrected chi connectivity index (χ0v) is 16.5. The van der Waals surface area contributed by atoms with Gasteiger partial charge in [-0.3, -0.25) is 14.4 Å². The van der Waals surface area contributed by atoms with Crippen molar-refractivity contribution in [3.63, 3.8) is 0 Å². The molecule has 2 aliphatic heterocycles. The van der Waals surface area contributed by atoms with E-state index in [9.17, 15) is 14.4 Å². The summed E-state index contributed by atoms with van der Waals surface area (Å²) in [6.45, 7) is 2.52. The van der Waals surface area contributed by atoms with Gasteiger partial charge >= 0.3 is 0 Å². The Balaban J connectivity index is 1.46. The number of nitrogens with one attached hydrogen (secondary N) is 1. The molecule has 1 atom stereocenters. The zero-order chi connectivity index (χ0) is 20.5. The van der Waals surface area contributed by atoms with E-state index in [1.807, 2.05) is 30.3 Å². The summed E-state index contributed by atoms with van der Waals surface area (Å²) in [5.41, 5.74) is 3.30. The van der Waals surface area contributed by atoms with Gasteiger partial charge in [0, 0.05) is 37.8 Å². The molecule has 150 valence electrons. The molecule has 1 N–H and O–H groups in total. The Hall–Kier alpha value is -3.35.